The molecule has 0 atom stereocenters. The first-order valence-electron chi connectivity index (χ1n) is 10.3. The van der Waals surface area contributed by atoms with Gasteiger partial charge in [-0.15, -0.1) is 35.3 Å². The summed E-state index contributed by atoms with van der Waals surface area (Å²) < 4.78 is 0. The summed E-state index contributed by atoms with van der Waals surface area (Å²) in [7, 11) is 0. The average molecular weight is 537 g/mol. The lowest BCUT2D eigenvalue weighted by molar-refractivity contribution is 0.0670. The van der Waals surface area contributed by atoms with Crippen molar-refractivity contribution in [2.45, 2.75) is 37.6 Å². The summed E-state index contributed by atoms with van der Waals surface area (Å²) in [4.78, 5) is 16.7. The molecule has 0 amide bonds. The van der Waals surface area contributed by atoms with E-state index in [1.165, 1.54) is 56.7 Å². The maximum Gasteiger partial charge on any atom is 0.191 e. The van der Waals surface area contributed by atoms with Crippen molar-refractivity contribution in [3.05, 3.63) is 11.6 Å². The van der Waals surface area contributed by atoms with Gasteiger partial charge in [0.15, 0.2) is 11.1 Å². The number of hydrogen-bond acceptors (Lipinski definition) is 6. The van der Waals surface area contributed by atoms with Crippen LogP contribution in [0.1, 0.15) is 32.1 Å². The number of thiazole rings is 1. The molecule has 1 aromatic heterocycles. The number of aromatic nitrogens is 1. The highest BCUT2D eigenvalue weighted by Gasteiger charge is 2.38. The Hall–Kier alpha value is -0.260. The average Bonchev–Trinajstić information content (AvgIpc) is 3.28. The van der Waals surface area contributed by atoms with Crippen molar-refractivity contribution in [3.8, 4) is 0 Å². The van der Waals surface area contributed by atoms with Crippen LogP contribution in [0.4, 0.5) is 5.13 Å². The molecule has 1 saturated carbocycles. The second kappa shape index (κ2) is 10.7. The van der Waals surface area contributed by atoms with E-state index < -0.39 is 0 Å². The van der Waals surface area contributed by atoms with E-state index in [-0.39, 0.29) is 29.5 Å². The predicted octanol–water partition coefficient (Wildman–Crippen LogP) is 2.95. The number of nitrogens with zero attached hydrogens (tertiary/aromatic N) is 5. The number of anilines is 1. The number of guanidine groups is 1. The van der Waals surface area contributed by atoms with Gasteiger partial charge >= 0.3 is 0 Å². The maximum atomic E-state index is 6.44. The number of hydrogen-bond donors (Lipinski definition) is 1. The van der Waals surface area contributed by atoms with Crippen molar-refractivity contribution >= 4 is 58.2 Å². The van der Waals surface area contributed by atoms with E-state index in [0.29, 0.717) is 0 Å². The number of rotatable bonds is 4. The van der Waals surface area contributed by atoms with Crippen LogP contribution in [-0.4, -0.2) is 83.6 Å². The highest BCUT2D eigenvalue weighted by molar-refractivity contribution is 14.0. The smallest absolute Gasteiger partial charge is 0.191 e. The molecule has 2 N–H and O–H groups in total. The molecule has 28 heavy (non-hydrogen) atoms. The van der Waals surface area contributed by atoms with E-state index in [1.807, 2.05) is 11.6 Å². The lowest BCUT2D eigenvalue weighted by Gasteiger charge is -2.47. The van der Waals surface area contributed by atoms with Gasteiger partial charge in [0.05, 0.1) is 6.54 Å². The molecule has 4 rings (SSSR count). The molecule has 9 heteroatoms. The Bertz CT molecular complexity index is 606. The van der Waals surface area contributed by atoms with Crippen LogP contribution in [-0.2, 0) is 0 Å². The van der Waals surface area contributed by atoms with Gasteiger partial charge in [0.1, 0.15) is 0 Å². The molecule has 3 aliphatic rings. The number of halogens is 1. The van der Waals surface area contributed by atoms with Crippen molar-refractivity contribution in [2.24, 2.45) is 10.7 Å². The van der Waals surface area contributed by atoms with Crippen molar-refractivity contribution < 1.29 is 0 Å². The van der Waals surface area contributed by atoms with Crippen LogP contribution < -0.4 is 10.6 Å². The standard InChI is InChI=1S/C19H32N6S2.HI/c20-17(23-7-9-24(10-8-23)18-21-6-13-27-18)22-16-19(4-2-1-3-5-19)25-11-14-26-15-12-25;/h6,13H,1-5,7-12,14-16H2,(H2,20,22);1H. The van der Waals surface area contributed by atoms with Gasteiger partial charge in [-0.2, -0.15) is 11.8 Å². The highest BCUT2D eigenvalue weighted by Crippen LogP contribution is 2.35. The Morgan fingerprint density at radius 3 is 2.43 bits per heavy atom. The molecular formula is C19H33IN6S2. The summed E-state index contributed by atoms with van der Waals surface area (Å²) in [6.07, 6.45) is 8.50. The Balaban J connectivity index is 0.00000225. The van der Waals surface area contributed by atoms with E-state index in [1.54, 1.807) is 11.3 Å². The van der Waals surface area contributed by atoms with Gasteiger partial charge in [-0.05, 0) is 12.8 Å². The largest absolute Gasteiger partial charge is 0.370 e. The SMILES string of the molecule is I.NC(=NCC1(N2CCSCC2)CCCCC1)N1CCN(c2nccs2)CC1. The fourth-order valence-electron chi connectivity index (χ4n) is 4.65. The first-order valence-corrected chi connectivity index (χ1v) is 12.3. The third kappa shape index (κ3) is 5.26. The van der Waals surface area contributed by atoms with Gasteiger partial charge in [0.2, 0.25) is 0 Å². The molecule has 1 aromatic rings. The molecule has 0 bridgehead atoms. The van der Waals surface area contributed by atoms with Gasteiger partial charge < -0.3 is 15.5 Å². The minimum absolute atomic E-state index is 0. The first-order chi connectivity index (χ1) is 13.3. The van der Waals surface area contributed by atoms with Crippen LogP contribution in [0.3, 0.4) is 0 Å². The van der Waals surface area contributed by atoms with Crippen LogP contribution in [0.5, 0.6) is 0 Å². The van der Waals surface area contributed by atoms with Gasteiger partial charge in [0.25, 0.3) is 0 Å². The molecule has 3 heterocycles. The maximum absolute atomic E-state index is 6.44. The first kappa shape index (κ1) is 22.4. The summed E-state index contributed by atoms with van der Waals surface area (Å²) in [6.45, 7) is 7.11. The number of nitrogens with two attached hydrogens (primary N) is 1. The molecule has 158 valence electrons. The Morgan fingerprint density at radius 1 is 1.07 bits per heavy atom. The quantitative estimate of drug-likeness (QED) is 0.363. The van der Waals surface area contributed by atoms with Crippen molar-refractivity contribution in [1.29, 1.82) is 0 Å². The molecule has 0 aromatic carbocycles. The summed E-state index contributed by atoms with van der Waals surface area (Å²) in [6, 6.07) is 0. The number of aliphatic imine (C=N–C) groups is 1. The molecule has 0 radical (unpaired) electrons. The van der Waals surface area contributed by atoms with E-state index in [0.717, 1.165) is 43.8 Å². The molecular weight excluding hydrogens is 503 g/mol. The minimum atomic E-state index is 0. The van der Waals surface area contributed by atoms with E-state index in [9.17, 15) is 0 Å². The Morgan fingerprint density at radius 2 is 1.79 bits per heavy atom. The fourth-order valence-corrected chi connectivity index (χ4v) is 6.25. The van der Waals surface area contributed by atoms with Gasteiger partial charge in [-0.1, -0.05) is 19.3 Å². The Kier molecular flexibility index (Phi) is 8.55. The number of piperazine rings is 1. The van der Waals surface area contributed by atoms with Crippen LogP contribution >= 0.6 is 47.1 Å². The molecule has 1 aliphatic carbocycles. The zero-order valence-electron chi connectivity index (χ0n) is 16.6. The third-order valence-electron chi connectivity index (χ3n) is 6.30. The highest BCUT2D eigenvalue weighted by atomic mass is 127. The van der Waals surface area contributed by atoms with Gasteiger partial charge in [-0.3, -0.25) is 9.89 Å². The topological polar surface area (TPSA) is 61.0 Å². The summed E-state index contributed by atoms with van der Waals surface area (Å²) >= 11 is 3.80. The lowest BCUT2D eigenvalue weighted by Crippen LogP contribution is -2.56. The summed E-state index contributed by atoms with van der Waals surface area (Å²) in [5.74, 6) is 3.27. The predicted molar refractivity (Wildman–Crippen MR) is 133 cm³/mol. The zero-order valence-corrected chi connectivity index (χ0v) is 20.6. The molecule has 3 fully saturated rings. The normalized spacial score (nSPS) is 24.1. The molecule has 0 spiro atoms. The summed E-state index contributed by atoms with van der Waals surface area (Å²) in [5, 5.41) is 3.16. The molecule has 2 saturated heterocycles. The van der Waals surface area contributed by atoms with Crippen molar-refractivity contribution in [3.63, 3.8) is 0 Å². The van der Waals surface area contributed by atoms with Crippen LogP contribution in [0.25, 0.3) is 0 Å². The van der Waals surface area contributed by atoms with Crippen LogP contribution in [0.15, 0.2) is 16.6 Å². The van der Waals surface area contributed by atoms with Crippen LogP contribution in [0, 0.1) is 0 Å². The Labute approximate surface area is 194 Å². The monoisotopic (exact) mass is 536 g/mol. The van der Waals surface area contributed by atoms with E-state index >= 15 is 0 Å². The number of thioether (sulfide) groups is 1. The zero-order chi connectivity index (χ0) is 18.5. The lowest BCUT2D eigenvalue weighted by atomic mass is 9.80. The third-order valence-corrected chi connectivity index (χ3v) is 8.07. The van der Waals surface area contributed by atoms with Crippen molar-refractivity contribution in [2.75, 3.05) is 62.2 Å². The second-order valence-electron chi connectivity index (χ2n) is 7.85. The van der Waals surface area contributed by atoms with Crippen molar-refractivity contribution in [1.82, 2.24) is 14.8 Å². The molecule has 0 unspecified atom stereocenters. The van der Waals surface area contributed by atoms with Crippen LogP contribution in [0.2, 0.25) is 0 Å². The minimum Gasteiger partial charge on any atom is -0.370 e. The van der Waals surface area contributed by atoms with E-state index in [2.05, 4.69) is 31.4 Å². The molecule has 6 nitrogen and oxygen atoms in total. The van der Waals surface area contributed by atoms with Gasteiger partial charge in [-0.25, -0.2) is 4.98 Å². The second-order valence-corrected chi connectivity index (χ2v) is 9.95. The van der Waals surface area contributed by atoms with E-state index in [4.69, 9.17) is 10.7 Å². The summed E-state index contributed by atoms with van der Waals surface area (Å²) in [5.41, 5.74) is 6.70. The molecule has 2 aliphatic heterocycles. The van der Waals surface area contributed by atoms with Gasteiger partial charge in [0, 0.05) is 67.9 Å². The fraction of sp³-hybridized carbons (Fsp3) is 0.789.